The summed E-state index contributed by atoms with van der Waals surface area (Å²) in [6.07, 6.45) is 1.47. The highest BCUT2D eigenvalue weighted by Crippen LogP contribution is 2.34. The van der Waals surface area contributed by atoms with Crippen LogP contribution in [-0.2, 0) is 10.0 Å². The molecule has 0 saturated carbocycles. The van der Waals surface area contributed by atoms with Crippen molar-refractivity contribution in [2.24, 2.45) is 0 Å². The Kier molecular flexibility index (Phi) is 4.96. The largest absolute Gasteiger partial charge is 0.397 e. The molecule has 0 amide bonds. The number of thiophene rings is 1. The molecule has 1 aromatic carbocycles. The van der Waals surface area contributed by atoms with E-state index >= 15 is 0 Å². The van der Waals surface area contributed by atoms with Gasteiger partial charge in [0.1, 0.15) is 9.71 Å². The Balaban J connectivity index is 1.62. The highest BCUT2D eigenvalue weighted by Gasteiger charge is 2.21. The molecule has 0 atom stereocenters. The number of sulfonamides is 1. The van der Waals surface area contributed by atoms with Gasteiger partial charge in [-0.1, -0.05) is 0 Å². The molecular weight excluding hydrogens is 422 g/mol. The van der Waals surface area contributed by atoms with Crippen LogP contribution >= 0.6 is 11.3 Å². The number of carbonyl (C=O) groups excluding carboxylic acids is 1. The number of hydrogen-bond donors (Lipinski definition) is 2. The molecule has 0 aliphatic heterocycles. The number of nitrogens with one attached hydrogen (secondary N) is 1. The number of nitrogen functional groups attached to an aromatic ring is 1. The second-order valence-corrected chi connectivity index (χ2v) is 9.31. The average Bonchev–Trinajstić information content (AvgIpc) is 3.03. The molecule has 152 valence electrons. The Morgan fingerprint density at radius 2 is 1.70 bits per heavy atom. The Labute approximate surface area is 176 Å². The van der Waals surface area contributed by atoms with Crippen molar-refractivity contribution in [3.05, 3.63) is 70.5 Å². The lowest BCUT2D eigenvalue weighted by Gasteiger charge is -2.07. The number of hydrogen-bond acceptors (Lipinski definition) is 8. The molecule has 3 N–H and O–H groups in total. The van der Waals surface area contributed by atoms with E-state index < -0.39 is 10.0 Å². The fraction of sp³-hybridized carbons (Fsp3) is 0.100. The molecule has 0 unspecified atom stereocenters. The lowest BCUT2D eigenvalue weighted by Crippen LogP contribution is -2.15. The van der Waals surface area contributed by atoms with Crippen molar-refractivity contribution in [3.63, 3.8) is 0 Å². The van der Waals surface area contributed by atoms with Gasteiger partial charge in [-0.3, -0.25) is 4.79 Å². The average molecular weight is 440 g/mol. The zero-order valence-corrected chi connectivity index (χ0v) is 17.7. The van der Waals surface area contributed by atoms with E-state index in [1.54, 1.807) is 13.0 Å². The molecule has 0 radical (unpaired) electrons. The van der Waals surface area contributed by atoms with E-state index in [-0.39, 0.29) is 16.6 Å². The normalized spacial score (nSPS) is 11.5. The zero-order chi connectivity index (χ0) is 21.5. The van der Waals surface area contributed by atoms with Gasteiger partial charge in [-0.15, -0.1) is 11.3 Å². The van der Waals surface area contributed by atoms with Gasteiger partial charge in [-0.2, -0.15) is 0 Å². The molecular formula is C20H17N5O3S2. The first-order chi connectivity index (χ1) is 14.2. The van der Waals surface area contributed by atoms with E-state index in [1.807, 2.05) is 19.1 Å². The van der Waals surface area contributed by atoms with Crippen LogP contribution in [0.1, 0.15) is 26.6 Å². The van der Waals surface area contributed by atoms with E-state index in [4.69, 9.17) is 5.73 Å². The number of carbonyl (C=O) groups is 1. The minimum atomic E-state index is -3.89. The predicted octanol–water partition coefficient (Wildman–Crippen LogP) is 3.32. The number of anilines is 2. The summed E-state index contributed by atoms with van der Waals surface area (Å²) in [6, 6.07) is 11.0. The summed E-state index contributed by atoms with van der Waals surface area (Å²) in [5.74, 6) is -0.303. The number of fused-ring (bicyclic) bond motifs is 1. The first-order valence-electron chi connectivity index (χ1n) is 8.87. The summed E-state index contributed by atoms with van der Waals surface area (Å²) in [7, 11) is -3.89. The number of nitrogens with two attached hydrogens (primary N) is 1. The number of rotatable bonds is 5. The van der Waals surface area contributed by atoms with Gasteiger partial charge in [0.05, 0.1) is 10.6 Å². The molecule has 8 nitrogen and oxygen atoms in total. The highest BCUT2D eigenvalue weighted by atomic mass is 32.2. The van der Waals surface area contributed by atoms with Gasteiger partial charge in [0.2, 0.25) is 11.7 Å². The van der Waals surface area contributed by atoms with E-state index in [0.717, 1.165) is 11.1 Å². The van der Waals surface area contributed by atoms with Crippen LogP contribution in [0.4, 0.5) is 11.6 Å². The molecule has 0 aliphatic rings. The van der Waals surface area contributed by atoms with Crippen LogP contribution in [0, 0.1) is 13.8 Å². The lowest BCUT2D eigenvalue weighted by molar-refractivity contribution is 0.104. The Morgan fingerprint density at radius 3 is 2.40 bits per heavy atom. The molecule has 0 bridgehead atoms. The van der Waals surface area contributed by atoms with Gasteiger partial charge in [0.15, 0.2) is 0 Å². The first-order valence-corrected chi connectivity index (χ1v) is 11.2. The number of ketones is 1. The quantitative estimate of drug-likeness (QED) is 0.457. The molecule has 4 rings (SSSR count). The van der Waals surface area contributed by atoms with Crippen LogP contribution in [0.5, 0.6) is 0 Å². The Hall–Kier alpha value is -3.37. The van der Waals surface area contributed by atoms with Gasteiger partial charge >= 0.3 is 0 Å². The van der Waals surface area contributed by atoms with Crippen LogP contribution < -0.4 is 10.5 Å². The van der Waals surface area contributed by atoms with Gasteiger partial charge in [-0.25, -0.2) is 28.1 Å². The zero-order valence-electron chi connectivity index (χ0n) is 16.1. The molecule has 0 spiro atoms. The SMILES string of the molecule is Cc1ccnc(NS(=O)(=O)c2ccc(C(=O)c3sc4nc(C)ccc4c3N)cc2)n1. The summed E-state index contributed by atoms with van der Waals surface area (Å²) in [5, 5.41) is 0.732. The van der Waals surface area contributed by atoms with Crippen molar-refractivity contribution in [1.82, 2.24) is 15.0 Å². The standard InChI is InChI=1S/C20H17N5O3S2/c1-11-3-8-15-16(21)18(29-19(15)23-11)17(26)13-4-6-14(7-5-13)30(27,28)25-20-22-10-9-12(2)24-20/h3-10H,21H2,1-2H3,(H,22,24,25). The predicted molar refractivity (Wildman–Crippen MR) is 116 cm³/mol. The topological polar surface area (TPSA) is 128 Å². The van der Waals surface area contributed by atoms with Crippen molar-refractivity contribution < 1.29 is 13.2 Å². The van der Waals surface area contributed by atoms with Crippen LogP contribution in [-0.4, -0.2) is 29.2 Å². The number of benzene rings is 1. The van der Waals surface area contributed by atoms with Gasteiger partial charge in [0, 0.05) is 28.5 Å². The van der Waals surface area contributed by atoms with E-state index in [9.17, 15) is 13.2 Å². The molecule has 30 heavy (non-hydrogen) atoms. The fourth-order valence-corrected chi connectivity index (χ4v) is 4.90. The van der Waals surface area contributed by atoms with Crippen LogP contribution in [0.3, 0.4) is 0 Å². The van der Waals surface area contributed by atoms with Crippen LogP contribution in [0.25, 0.3) is 10.2 Å². The van der Waals surface area contributed by atoms with Gasteiger partial charge < -0.3 is 5.73 Å². The molecule has 3 heterocycles. The van der Waals surface area contributed by atoms with Crippen LogP contribution in [0.2, 0.25) is 0 Å². The fourth-order valence-electron chi connectivity index (χ4n) is 2.85. The Bertz CT molecular complexity index is 1380. The number of aromatic nitrogens is 3. The summed E-state index contributed by atoms with van der Waals surface area (Å²) >= 11 is 1.22. The molecule has 3 aromatic heterocycles. The summed E-state index contributed by atoms with van der Waals surface area (Å²) in [4.78, 5) is 26.3. The molecule has 0 aliphatic carbocycles. The third-order valence-electron chi connectivity index (χ3n) is 4.39. The number of aryl methyl sites for hydroxylation is 2. The first kappa shape index (κ1) is 19.9. The highest BCUT2D eigenvalue weighted by molar-refractivity contribution is 7.92. The summed E-state index contributed by atoms with van der Waals surface area (Å²) in [6.45, 7) is 3.60. The van der Waals surface area contributed by atoms with Crippen molar-refractivity contribution in [2.45, 2.75) is 18.7 Å². The maximum Gasteiger partial charge on any atom is 0.264 e. The maximum atomic E-state index is 12.9. The van der Waals surface area contributed by atoms with Gasteiger partial charge in [-0.05, 0) is 56.3 Å². The minimum Gasteiger partial charge on any atom is -0.397 e. The monoisotopic (exact) mass is 439 g/mol. The Morgan fingerprint density at radius 1 is 1.00 bits per heavy atom. The van der Waals surface area contributed by atoms with Crippen LogP contribution in [0.15, 0.2) is 53.6 Å². The van der Waals surface area contributed by atoms with Gasteiger partial charge in [0.25, 0.3) is 10.0 Å². The van der Waals surface area contributed by atoms with Crippen molar-refractivity contribution >= 4 is 49.0 Å². The number of pyridine rings is 1. The molecule has 10 heteroatoms. The van der Waals surface area contributed by atoms with Crippen molar-refractivity contribution in [2.75, 3.05) is 10.5 Å². The molecule has 0 saturated heterocycles. The second kappa shape index (κ2) is 7.47. The third-order valence-corrected chi connectivity index (χ3v) is 6.84. The molecule has 4 aromatic rings. The minimum absolute atomic E-state index is 0.00856. The molecule has 0 fully saturated rings. The lowest BCUT2D eigenvalue weighted by atomic mass is 10.1. The van der Waals surface area contributed by atoms with E-state index in [2.05, 4.69) is 19.7 Å². The number of nitrogens with zero attached hydrogens (tertiary/aromatic N) is 3. The van der Waals surface area contributed by atoms with E-state index in [1.165, 1.54) is 41.8 Å². The summed E-state index contributed by atoms with van der Waals surface area (Å²) in [5.41, 5.74) is 8.33. The van der Waals surface area contributed by atoms with Crippen molar-refractivity contribution in [1.29, 1.82) is 0 Å². The second-order valence-electron chi connectivity index (χ2n) is 6.63. The van der Waals surface area contributed by atoms with E-state index in [0.29, 0.717) is 26.7 Å². The third kappa shape index (κ3) is 3.74. The maximum absolute atomic E-state index is 12.9. The van der Waals surface area contributed by atoms with Crippen molar-refractivity contribution in [3.8, 4) is 0 Å². The smallest absolute Gasteiger partial charge is 0.264 e. The summed E-state index contributed by atoms with van der Waals surface area (Å²) < 4.78 is 27.5.